The third-order valence-corrected chi connectivity index (χ3v) is 4.30. The normalized spacial score (nSPS) is 23.2. The SMILES string of the molecule is N#Cc1c(NCC2COC3(CCOCC3)O2)nc2ccccn12. The van der Waals surface area contributed by atoms with Crippen LogP contribution in [0.1, 0.15) is 18.5 Å². The molecule has 0 bridgehead atoms. The fourth-order valence-electron chi connectivity index (χ4n) is 3.10. The lowest BCUT2D eigenvalue weighted by molar-refractivity contribution is -0.209. The molecule has 2 aliphatic rings. The first-order valence-corrected chi connectivity index (χ1v) is 7.80. The zero-order valence-electron chi connectivity index (χ0n) is 12.7. The topological polar surface area (TPSA) is 80.8 Å². The van der Waals surface area contributed by atoms with Gasteiger partial charge < -0.3 is 19.5 Å². The van der Waals surface area contributed by atoms with Crippen LogP contribution >= 0.6 is 0 Å². The Morgan fingerprint density at radius 1 is 1.39 bits per heavy atom. The average molecular weight is 314 g/mol. The minimum atomic E-state index is -0.485. The number of aromatic nitrogens is 2. The number of imidazole rings is 1. The highest BCUT2D eigenvalue weighted by molar-refractivity contribution is 5.58. The number of nitriles is 1. The predicted molar refractivity (Wildman–Crippen MR) is 82.0 cm³/mol. The third-order valence-electron chi connectivity index (χ3n) is 4.30. The molecule has 2 aliphatic heterocycles. The summed E-state index contributed by atoms with van der Waals surface area (Å²) < 4.78 is 19.1. The quantitative estimate of drug-likeness (QED) is 0.925. The third kappa shape index (κ3) is 2.65. The average Bonchev–Trinajstić information content (AvgIpc) is 3.14. The van der Waals surface area contributed by atoms with Crippen LogP contribution in [0.5, 0.6) is 0 Å². The maximum absolute atomic E-state index is 9.38. The molecule has 2 fully saturated rings. The van der Waals surface area contributed by atoms with Crippen molar-refractivity contribution in [3.05, 3.63) is 30.1 Å². The second-order valence-corrected chi connectivity index (χ2v) is 5.80. The first kappa shape index (κ1) is 14.5. The van der Waals surface area contributed by atoms with Crippen LogP contribution in [0.4, 0.5) is 5.82 Å². The van der Waals surface area contributed by atoms with E-state index in [1.807, 2.05) is 24.4 Å². The number of nitrogens with one attached hydrogen (secondary N) is 1. The number of pyridine rings is 1. The molecule has 2 aromatic heterocycles. The molecule has 0 aromatic carbocycles. The summed E-state index contributed by atoms with van der Waals surface area (Å²) in [5, 5.41) is 12.6. The Morgan fingerprint density at radius 3 is 3.09 bits per heavy atom. The molecule has 120 valence electrons. The highest BCUT2D eigenvalue weighted by atomic mass is 16.7. The van der Waals surface area contributed by atoms with Gasteiger partial charge in [0.2, 0.25) is 0 Å². The molecule has 0 radical (unpaired) electrons. The molecule has 0 aliphatic carbocycles. The second kappa shape index (κ2) is 5.81. The Bertz CT molecular complexity index is 745. The Kier molecular flexibility index (Phi) is 3.65. The molecule has 7 heteroatoms. The van der Waals surface area contributed by atoms with Crippen LogP contribution in [0.2, 0.25) is 0 Å². The summed E-state index contributed by atoms with van der Waals surface area (Å²) in [6, 6.07) is 7.85. The van der Waals surface area contributed by atoms with E-state index in [1.54, 1.807) is 4.40 Å². The maximum Gasteiger partial charge on any atom is 0.173 e. The van der Waals surface area contributed by atoms with Crippen LogP contribution in [0.15, 0.2) is 24.4 Å². The summed E-state index contributed by atoms with van der Waals surface area (Å²) in [5.41, 5.74) is 1.25. The summed E-state index contributed by atoms with van der Waals surface area (Å²) in [5.74, 6) is 0.0944. The van der Waals surface area contributed by atoms with Gasteiger partial charge >= 0.3 is 0 Å². The first-order valence-electron chi connectivity index (χ1n) is 7.80. The van der Waals surface area contributed by atoms with E-state index in [0.29, 0.717) is 37.9 Å². The van der Waals surface area contributed by atoms with Crippen LogP contribution < -0.4 is 5.32 Å². The van der Waals surface area contributed by atoms with Crippen LogP contribution in [0.25, 0.3) is 5.65 Å². The largest absolute Gasteiger partial charge is 0.381 e. The molecule has 1 unspecified atom stereocenters. The van der Waals surface area contributed by atoms with Crippen molar-refractivity contribution in [1.82, 2.24) is 9.38 Å². The van der Waals surface area contributed by atoms with Gasteiger partial charge in [0.25, 0.3) is 0 Å². The number of nitrogens with zero attached hydrogens (tertiary/aromatic N) is 3. The molecule has 1 spiro atoms. The second-order valence-electron chi connectivity index (χ2n) is 5.80. The van der Waals surface area contributed by atoms with E-state index in [1.165, 1.54) is 0 Å². The van der Waals surface area contributed by atoms with Gasteiger partial charge in [0, 0.05) is 25.6 Å². The summed E-state index contributed by atoms with van der Waals surface area (Å²) >= 11 is 0. The molecule has 0 amide bonds. The van der Waals surface area contributed by atoms with Crippen molar-refractivity contribution in [2.75, 3.05) is 31.7 Å². The number of hydrogen-bond acceptors (Lipinski definition) is 6. The molecule has 4 heterocycles. The van der Waals surface area contributed by atoms with E-state index in [2.05, 4.69) is 16.4 Å². The number of ether oxygens (including phenoxy) is 3. The lowest BCUT2D eigenvalue weighted by Gasteiger charge is -2.31. The van der Waals surface area contributed by atoms with Crippen LogP contribution in [-0.2, 0) is 14.2 Å². The van der Waals surface area contributed by atoms with Crippen molar-refractivity contribution in [2.24, 2.45) is 0 Å². The Labute approximate surface area is 133 Å². The molecular weight excluding hydrogens is 296 g/mol. The van der Waals surface area contributed by atoms with E-state index in [9.17, 15) is 5.26 Å². The summed E-state index contributed by atoms with van der Waals surface area (Å²) in [7, 11) is 0. The number of fused-ring (bicyclic) bond motifs is 1. The zero-order chi connectivity index (χ0) is 15.7. The molecule has 7 nitrogen and oxygen atoms in total. The number of rotatable bonds is 3. The fourth-order valence-corrected chi connectivity index (χ4v) is 3.10. The maximum atomic E-state index is 9.38. The predicted octanol–water partition coefficient (Wildman–Crippen LogP) is 1.54. The van der Waals surface area contributed by atoms with E-state index >= 15 is 0 Å². The monoisotopic (exact) mass is 314 g/mol. The highest BCUT2D eigenvalue weighted by Crippen LogP contribution is 2.33. The molecule has 1 N–H and O–H groups in total. The molecule has 23 heavy (non-hydrogen) atoms. The van der Waals surface area contributed by atoms with Gasteiger partial charge in [0.15, 0.2) is 17.3 Å². The van der Waals surface area contributed by atoms with E-state index < -0.39 is 5.79 Å². The van der Waals surface area contributed by atoms with Gasteiger partial charge in [-0.15, -0.1) is 0 Å². The number of hydrogen-bond donors (Lipinski definition) is 1. The summed E-state index contributed by atoms with van der Waals surface area (Å²) in [6.45, 7) is 2.44. The van der Waals surface area contributed by atoms with Gasteiger partial charge in [0.1, 0.15) is 17.8 Å². The molecule has 4 rings (SSSR count). The van der Waals surface area contributed by atoms with E-state index in [0.717, 1.165) is 18.5 Å². The van der Waals surface area contributed by atoms with Crippen molar-refractivity contribution < 1.29 is 14.2 Å². The molecule has 2 saturated heterocycles. The minimum Gasteiger partial charge on any atom is -0.381 e. The van der Waals surface area contributed by atoms with Gasteiger partial charge in [-0.25, -0.2) is 4.98 Å². The van der Waals surface area contributed by atoms with Crippen molar-refractivity contribution in [3.8, 4) is 6.07 Å². The van der Waals surface area contributed by atoms with Crippen LogP contribution in [-0.4, -0.2) is 47.6 Å². The lowest BCUT2D eigenvalue weighted by Crippen LogP contribution is -2.38. The highest BCUT2D eigenvalue weighted by Gasteiger charge is 2.42. The van der Waals surface area contributed by atoms with Crippen molar-refractivity contribution in [2.45, 2.75) is 24.7 Å². The van der Waals surface area contributed by atoms with Gasteiger partial charge in [-0.2, -0.15) is 5.26 Å². The van der Waals surface area contributed by atoms with E-state index in [4.69, 9.17) is 14.2 Å². The zero-order valence-corrected chi connectivity index (χ0v) is 12.7. The van der Waals surface area contributed by atoms with Gasteiger partial charge in [-0.3, -0.25) is 4.40 Å². The fraction of sp³-hybridized carbons (Fsp3) is 0.500. The Hall–Kier alpha value is -2.14. The smallest absolute Gasteiger partial charge is 0.173 e. The molecule has 2 aromatic rings. The lowest BCUT2D eigenvalue weighted by atomic mass is 10.1. The Balaban J connectivity index is 1.45. The van der Waals surface area contributed by atoms with Crippen molar-refractivity contribution in [1.29, 1.82) is 5.26 Å². The van der Waals surface area contributed by atoms with Crippen molar-refractivity contribution in [3.63, 3.8) is 0 Å². The van der Waals surface area contributed by atoms with Gasteiger partial charge in [-0.1, -0.05) is 6.07 Å². The number of anilines is 1. The standard InChI is InChI=1S/C16H18N4O3/c17-9-13-15(19-14-3-1-2-6-20(13)14)18-10-12-11-22-16(23-12)4-7-21-8-5-16/h1-3,6,12,18H,4-5,7-8,10-11H2. The van der Waals surface area contributed by atoms with Crippen LogP contribution in [0, 0.1) is 11.3 Å². The van der Waals surface area contributed by atoms with Crippen LogP contribution in [0.3, 0.4) is 0 Å². The molecule has 0 saturated carbocycles. The van der Waals surface area contributed by atoms with Gasteiger partial charge in [-0.05, 0) is 12.1 Å². The van der Waals surface area contributed by atoms with Crippen molar-refractivity contribution >= 4 is 11.5 Å². The molecular formula is C16H18N4O3. The van der Waals surface area contributed by atoms with Gasteiger partial charge in [0.05, 0.1) is 19.8 Å². The minimum absolute atomic E-state index is 0.0514. The van der Waals surface area contributed by atoms with E-state index in [-0.39, 0.29) is 6.10 Å². The molecule has 1 atom stereocenters. The summed E-state index contributed by atoms with van der Waals surface area (Å²) in [4.78, 5) is 4.46. The Morgan fingerprint density at radius 2 is 2.26 bits per heavy atom. The first-order chi connectivity index (χ1) is 11.3. The summed E-state index contributed by atoms with van der Waals surface area (Å²) in [6.07, 6.45) is 3.31.